The summed E-state index contributed by atoms with van der Waals surface area (Å²) < 4.78 is 13.3. The molecule has 1 heterocycles. The van der Waals surface area contributed by atoms with Crippen LogP contribution in [-0.2, 0) is 18.0 Å². The standard InChI is InChI=1S/C22H22ClFN4O3/c23-15-2-5-18(14(9-15)11-24)27-16-3-6-20(30)17(10-16)19-4-1-13(22(25)28-19)12-26-21(31)7-8-29/h1-6,9-10,27,29-30H,7-8,11-12H2,(H2,25,28)(H,26,31). The summed E-state index contributed by atoms with van der Waals surface area (Å²) in [6.45, 7) is -0.735. The van der Waals surface area contributed by atoms with Crippen molar-refractivity contribution < 1.29 is 19.4 Å². The van der Waals surface area contributed by atoms with Gasteiger partial charge in [0.15, 0.2) is 0 Å². The zero-order chi connectivity index (χ0) is 22.4. The number of pyridine rings is 1. The van der Waals surface area contributed by atoms with E-state index in [1.54, 1.807) is 42.5 Å². The van der Waals surface area contributed by atoms with Crippen LogP contribution in [-0.4, -0.2) is 27.7 Å². The lowest BCUT2D eigenvalue weighted by molar-refractivity contribution is -0.121. The molecule has 0 atom stereocenters. The molecule has 0 saturated heterocycles. The minimum absolute atomic E-state index is 0.00303. The highest BCUT2D eigenvalue weighted by atomic mass is 35.5. The number of phenols is 1. The van der Waals surface area contributed by atoms with Crippen molar-refractivity contribution in [3.63, 3.8) is 0 Å². The predicted molar refractivity (Wildman–Crippen MR) is 119 cm³/mol. The number of aromatic nitrogens is 1. The summed E-state index contributed by atoms with van der Waals surface area (Å²) in [6, 6.07) is 13.1. The van der Waals surface area contributed by atoms with E-state index in [1.807, 2.05) is 0 Å². The Morgan fingerprint density at radius 2 is 1.94 bits per heavy atom. The Bertz CT molecular complexity index is 1090. The maximum absolute atomic E-state index is 13.3. The number of hydrogen-bond donors (Lipinski definition) is 5. The molecule has 0 saturated carbocycles. The van der Waals surface area contributed by atoms with Crippen molar-refractivity contribution in [2.45, 2.75) is 19.6 Å². The fourth-order valence-electron chi connectivity index (χ4n) is 2.96. The number of aromatic hydroxyl groups is 1. The third kappa shape index (κ3) is 5.62. The van der Waals surface area contributed by atoms with E-state index in [4.69, 9.17) is 22.4 Å². The minimum atomic E-state index is -0.678. The van der Waals surface area contributed by atoms with E-state index >= 15 is 0 Å². The van der Waals surface area contributed by atoms with Crippen LogP contribution in [0.3, 0.4) is 0 Å². The van der Waals surface area contributed by atoms with Gasteiger partial charge in [-0.15, -0.1) is 0 Å². The molecule has 3 aromatic rings. The molecule has 1 aromatic heterocycles. The van der Waals surface area contributed by atoms with Crippen molar-refractivity contribution in [1.82, 2.24) is 10.3 Å². The molecule has 9 heteroatoms. The second kappa shape index (κ2) is 10.1. The number of carbonyl (C=O) groups excluding carboxylic acids is 1. The summed E-state index contributed by atoms with van der Waals surface area (Å²) in [5.41, 5.74) is 9.09. The highest BCUT2D eigenvalue weighted by Crippen LogP contribution is 2.33. The molecule has 3 rings (SSSR count). The highest BCUT2D eigenvalue weighted by molar-refractivity contribution is 6.30. The number of aliphatic hydroxyl groups excluding tert-OH is 1. The maximum atomic E-state index is 13.3. The Hall–Kier alpha value is -3.36. The smallest absolute Gasteiger partial charge is 0.222 e. The SMILES string of the molecule is Nc1nc(-c2cc(Nc3ccc(Cl)cc3CF)ccc2O)ccc1CNC(=O)CCO. The first-order chi connectivity index (χ1) is 14.9. The third-order valence-corrected chi connectivity index (χ3v) is 4.83. The van der Waals surface area contributed by atoms with Crippen LogP contribution in [0.4, 0.5) is 21.6 Å². The lowest BCUT2D eigenvalue weighted by atomic mass is 10.1. The van der Waals surface area contributed by atoms with Crippen molar-refractivity contribution in [3.8, 4) is 17.0 Å². The molecule has 0 spiro atoms. The number of phenolic OH excluding ortho intramolecular Hbond substituents is 1. The molecule has 31 heavy (non-hydrogen) atoms. The minimum Gasteiger partial charge on any atom is -0.507 e. The number of amides is 1. The predicted octanol–water partition coefficient (Wildman–Crippen LogP) is 3.90. The van der Waals surface area contributed by atoms with Gasteiger partial charge in [0, 0.05) is 46.1 Å². The number of aliphatic hydroxyl groups is 1. The second-order valence-corrected chi connectivity index (χ2v) is 7.22. The number of anilines is 3. The summed E-state index contributed by atoms with van der Waals surface area (Å²) in [5, 5.41) is 25.3. The Balaban J connectivity index is 1.83. The lowest BCUT2D eigenvalue weighted by Crippen LogP contribution is -2.24. The van der Waals surface area contributed by atoms with Gasteiger partial charge in [-0.3, -0.25) is 4.79 Å². The summed E-state index contributed by atoms with van der Waals surface area (Å²) in [5.74, 6) is -0.0857. The molecule has 0 aliphatic heterocycles. The van der Waals surface area contributed by atoms with Gasteiger partial charge in [0.25, 0.3) is 0 Å². The van der Waals surface area contributed by atoms with Crippen LogP contribution in [0.2, 0.25) is 5.02 Å². The molecule has 1 amide bonds. The largest absolute Gasteiger partial charge is 0.507 e. The molecule has 6 N–H and O–H groups in total. The quantitative estimate of drug-likeness (QED) is 0.336. The average molecular weight is 445 g/mol. The number of hydrogen-bond acceptors (Lipinski definition) is 6. The first-order valence-corrected chi connectivity index (χ1v) is 9.87. The Kier molecular flexibility index (Phi) is 7.28. The molecular weight excluding hydrogens is 423 g/mol. The second-order valence-electron chi connectivity index (χ2n) is 6.78. The normalized spacial score (nSPS) is 10.7. The average Bonchev–Trinajstić information content (AvgIpc) is 2.75. The Morgan fingerprint density at radius 3 is 2.65 bits per heavy atom. The lowest BCUT2D eigenvalue weighted by Gasteiger charge is -2.14. The van der Waals surface area contributed by atoms with Crippen LogP contribution in [0.1, 0.15) is 17.5 Å². The number of nitrogens with one attached hydrogen (secondary N) is 2. The van der Waals surface area contributed by atoms with Gasteiger partial charge < -0.3 is 26.6 Å². The number of nitrogen functional groups attached to an aromatic ring is 1. The van der Waals surface area contributed by atoms with Gasteiger partial charge >= 0.3 is 0 Å². The molecule has 0 unspecified atom stereocenters. The molecule has 0 bridgehead atoms. The van der Waals surface area contributed by atoms with Crippen molar-refractivity contribution in [3.05, 3.63) is 64.7 Å². The summed E-state index contributed by atoms with van der Waals surface area (Å²) in [4.78, 5) is 15.8. The van der Waals surface area contributed by atoms with Gasteiger partial charge in [-0.05, 0) is 42.5 Å². The van der Waals surface area contributed by atoms with Gasteiger partial charge in [0.2, 0.25) is 5.91 Å². The summed E-state index contributed by atoms with van der Waals surface area (Å²) >= 11 is 5.93. The van der Waals surface area contributed by atoms with E-state index in [2.05, 4.69) is 15.6 Å². The van der Waals surface area contributed by atoms with E-state index in [-0.39, 0.29) is 37.0 Å². The number of benzene rings is 2. The highest BCUT2D eigenvalue weighted by Gasteiger charge is 2.12. The first-order valence-electron chi connectivity index (χ1n) is 9.49. The zero-order valence-electron chi connectivity index (χ0n) is 16.5. The number of nitrogens with zero attached hydrogens (tertiary/aromatic N) is 1. The van der Waals surface area contributed by atoms with E-state index in [0.29, 0.717) is 38.8 Å². The molecular formula is C22H22ClFN4O3. The number of rotatable bonds is 8. The van der Waals surface area contributed by atoms with Crippen LogP contribution in [0, 0.1) is 0 Å². The van der Waals surface area contributed by atoms with Gasteiger partial charge in [0.05, 0.1) is 12.3 Å². The molecule has 7 nitrogen and oxygen atoms in total. The summed E-state index contributed by atoms with van der Waals surface area (Å²) in [7, 11) is 0. The van der Waals surface area contributed by atoms with E-state index in [1.165, 1.54) is 6.07 Å². The first kappa shape index (κ1) is 22.3. The fraction of sp³-hybridized carbons (Fsp3) is 0.182. The topological polar surface area (TPSA) is 121 Å². The van der Waals surface area contributed by atoms with Crippen molar-refractivity contribution >= 4 is 34.7 Å². The number of nitrogens with two attached hydrogens (primary N) is 1. The molecule has 0 fully saturated rings. The van der Waals surface area contributed by atoms with E-state index in [0.717, 1.165) is 0 Å². The summed E-state index contributed by atoms with van der Waals surface area (Å²) in [6.07, 6.45) is 0.0107. The molecule has 162 valence electrons. The van der Waals surface area contributed by atoms with Crippen LogP contribution in [0.15, 0.2) is 48.5 Å². The van der Waals surface area contributed by atoms with E-state index < -0.39 is 6.67 Å². The Labute approximate surface area is 183 Å². The third-order valence-electron chi connectivity index (χ3n) is 4.59. The van der Waals surface area contributed by atoms with Crippen LogP contribution < -0.4 is 16.4 Å². The van der Waals surface area contributed by atoms with Gasteiger partial charge in [0.1, 0.15) is 18.2 Å². The van der Waals surface area contributed by atoms with Gasteiger partial charge in [-0.1, -0.05) is 17.7 Å². The zero-order valence-corrected chi connectivity index (χ0v) is 17.3. The number of carbonyl (C=O) groups is 1. The molecule has 0 aliphatic carbocycles. The van der Waals surface area contributed by atoms with Crippen LogP contribution in [0.25, 0.3) is 11.3 Å². The van der Waals surface area contributed by atoms with Gasteiger partial charge in [-0.25, -0.2) is 9.37 Å². The van der Waals surface area contributed by atoms with Gasteiger partial charge in [-0.2, -0.15) is 0 Å². The maximum Gasteiger partial charge on any atom is 0.222 e. The number of alkyl halides is 1. The van der Waals surface area contributed by atoms with Crippen molar-refractivity contribution in [2.75, 3.05) is 17.7 Å². The van der Waals surface area contributed by atoms with E-state index in [9.17, 15) is 14.3 Å². The molecule has 0 radical (unpaired) electrons. The van der Waals surface area contributed by atoms with Crippen molar-refractivity contribution in [1.29, 1.82) is 0 Å². The molecule has 0 aliphatic rings. The molecule has 2 aromatic carbocycles. The number of halogens is 2. The van der Waals surface area contributed by atoms with Crippen LogP contribution >= 0.6 is 11.6 Å². The Morgan fingerprint density at radius 1 is 1.13 bits per heavy atom. The van der Waals surface area contributed by atoms with Crippen molar-refractivity contribution in [2.24, 2.45) is 0 Å². The van der Waals surface area contributed by atoms with Crippen LogP contribution in [0.5, 0.6) is 5.75 Å². The monoisotopic (exact) mass is 444 g/mol. The fourth-order valence-corrected chi connectivity index (χ4v) is 3.15.